The summed E-state index contributed by atoms with van der Waals surface area (Å²) in [5, 5.41) is 9.85. The number of carbonyl (C=O) groups is 1. The molecule has 0 amide bonds. The maximum Gasteiger partial charge on any atom is 0.335 e. The van der Waals surface area contributed by atoms with Crippen molar-refractivity contribution in [3.8, 4) is 0 Å². The lowest BCUT2D eigenvalue weighted by molar-refractivity contribution is 0.0697. The van der Waals surface area contributed by atoms with E-state index in [9.17, 15) is 14.3 Å². The van der Waals surface area contributed by atoms with E-state index < -0.39 is 5.97 Å². The first-order chi connectivity index (χ1) is 12.5. The Morgan fingerprint density at radius 1 is 1.00 bits per heavy atom. The lowest BCUT2D eigenvalue weighted by Gasteiger charge is -2.09. The molecule has 128 valence electrons. The van der Waals surface area contributed by atoms with Crippen LogP contribution >= 0.6 is 23.4 Å². The summed E-state index contributed by atoms with van der Waals surface area (Å²) in [6.07, 6.45) is 0. The first-order valence-corrected chi connectivity index (χ1v) is 8.90. The highest BCUT2D eigenvalue weighted by atomic mass is 35.5. The molecule has 26 heavy (non-hydrogen) atoms. The van der Waals surface area contributed by atoms with Gasteiger partial charge in [-0.15, -0.1) is 0 Å². The Bertz CT molecular complexity index is 1060. The molecule has 0 saturated heterocycles. The number of hydrogen-bond donors (Lipinski definition) is 1. The Hall–Kier alpha value is -2.63. The zero-order valence-corrected chi connectivity index (χ0v) is 14.8. The summed E-state index contributed by atoms with van der Waals surface area (Å²) in [5.74, 6) is -1.38. The molecule has 0 fully saturated rings. The fourth-order valence-corrected chi connectivity index (χ4v) is 3.84. The van der Waals surface area contributed by atoms with Crippen LogP contribution in [0.25, 0.3) is 0 Å². The summed E-state index contributed by atoms with van der Waals surface area (Å²) in [6, 6.07) is 16.5. The van der Waals surface area contributed by atoms with Gasteiger partial charge in [-0.1, -0.05) is 35.5 Å². The molecule has 1 aliphatic rings. The van der Waals surface area contributed by atoms with Gasteiger partial charge in [0.2, 0.25) is 0 Å². The monoisotopic (exact) mass is 383 g/mol. The van der Waals surface area contributed by atoms with Crippen LogP contribution in [0.5, 0.6) is 0 Å². The highest BCUT2D eigenvalue weighted by Gasteiger charge is 2.20. The second-order valence-electron chi connectivity index (χ2n) is 5.70. The van der Waals surface area contributed by atoms with Crippen LogP contribution in [0, 0.1) is 5.82 Å². The van der Waals surface area contributed by atoms with Crippen molar-refractivity contribution in [1.82, 2.24) is 0 Å². The van der Waals surface area contributed by atoms with Gasteiger partial charge in [0.15, 0.2) is 0 Å². The second-order valence-corrected chi connectivity index (χ2v) is 7.22. The van der Waals surface area contributed by atoms with Gasteiger partial charge in [-0.05, 0) is 48.5 Å². The molecule has 1 heterocycles. The van der Waals surface area contributed by atoms with E-state index in [0.717, 1.165) is 15.4 Å². The van der Waals surface area contributed by atoms with Gasteiger partial charge in [-0.3, -0.25) is 0 Å². The molecule has 0 radical (unpaired) electrons. The standard InChI is InChI=1S/C20H11ClFNO2S/c21-13-4-1-11(2-5-13)19-15-10-14(22)6-8-17(15)26-18-7-3-12(20(24)25)9-16(18)23-19/h1-10H,(H,24,25). The summed E-state index contributed by atoms with van der Waals surface area (Å²) in [4.78, 5) is 17.7. The molecular formula is C20H11ClFNO2S. The maximum absolute atomic E-state index is 13.9. The summed E-state index contributed by atoms with van der Waals surface area (Å²) >= 11 is 7.41. The zero-order valence-electron chi connectivity index (χ0n) is 13.2. The maximum atomic E-state index is 13.9. The molecule has 3 aromatic rings. The Balaban J connectivity index is 1.98. The predicted octanol–water partition coefficient (Wildman–Crippen LogP) is 5.81. The summed E-state index contributed by atoms with van der Waals surface area (Å²) in [6.45, 7) is 0. The van der Waals surface area contributed by atoms with Crippen molar-refractivity contribution in [2.45, 2.75) is 9.79 Å². The van der Waals surface area contributed by atoms with Crippen LogP contribution in [0.3, 0.4) is 0 Å². The van der Waals surface area contributed by atoms with E-state index in [2.05, 4.69) is 4.99 Å². The lowest BCUT2D eigenvalue weighted by atomic mass is 10.0. The highest BCUT2D eigenvalue weighted by molar-refractivity contribution is 7.99. The van der Waals surface area contributed by atoms with Gasteiger partial charge in [-0.2, -0.15) is 0 Å². The van der Waals surface area contributed by atoms with Crippen LogP contribution in [0.2, 0.25) is 5.02 Å². The van der Waals surface area contributed by atoms with Crippen molar-refractivity contribution in [3.63, 3.8) is 0 Å². The van der Waals surface area contributed by atoms with Gasteiger partial charge in [0.1, 0.15) is 5.82 Å². The quantitative estimate of drug-likeness (QED) is 0.475. The number of nitrogens with zero attached hydrogens (tertiary/aromatic N) is 1. The molecule has 4 rings (SSSR count). The number of rotatable bonds is 2. The third-order valence-corrected chi connectivity index (χ3v) is 5.37. The molecule has 0 bridgehead atoms. The van der Waals surface area contributed by atoms with Gasteiger partial charge < -0.3 is 5.11 Å². The first-order valence-electron chi connectivity index (χ1n) is 7.71. The van der Waals surface area contributed by atoms with Crippen molar-refractivity contribution < 1.29 is 14.3 Å². The number of aliphatic imine (C=N–C) groups is 1. The highest BCUT2D eigenvalue weighted by Crippen LogP contribution is 2.41. The average Bonchev–Trinajstić information content (AvgIpc) is 2.78. The minimum absolute atomic E-state index is 0.153. The second kappa shape index (κ2) is 6.59. The van der Waals surface area contributed by atoms with Crippen LogP contribution in [0.1, 0.15) is 21.5 Å². The topological polar surface area (TPSA) is 49.7 Å². The SMILES string of the molecule is O=C(O)c1ccc2c(c1)N=C(c1ccc(Cl)cc1)c1cc(F)ccc1S2. The van der Waals surface area contributed by atoms with Crippen molar-refractivity contribution in [3.05, 3.63) is 88.2 Å². The van der Waals surface area contributed by atoms with Crippen molar-refractivity contribution in [2.75, 3.05) is 0 Å². The number of hydrogen-bond acceptors (Lipinski definition) is 3. The fraction of sp³-hybridized carbons (Fsp3) is 0. The van der Waals surface area contributed by atoms with Gasteiger partial charge in [-0.25, -0.2) is 14.2 Å². The molecule has 0 aromatic heterocycles. The van der Waals surface area contributed by atoms with Crippen LogP contribution in [-0.2, 0) is 0 Å². The van der Waals surface area contributed by atoms with E-state index in [4.69, 9.17) is 11.6 Å². The normalized spacial score (nSPS) is 12.6. The third-order valence-electron chi connectivity index (χ3n) is 3.97. The molecule has 3 aromatic carbocycles. The van der Waals surface area contributed by atoms with Crippen LogP contribution in [-0.4, -0.2) is 16.8 Å². The van der Waals surface area contributed by atoms with Crippen molar-refractivity contribution >= 4 is 40.7 Å². The molecule has 6 heteroatoms. The van der Waals surface area contributed by atoms with Crippen LogP contribution in [0.15, 0.2) is 75.4 Å². The number of benzene rings is 3. The average molecular weight is 384 g/mol. The van der Waals surface area contributed by atoms with Crippen LogP contribution < -0.4 is 0 Å². The van der Waals surface area contributed by atoms with E-state index in [1.165, 1.54) is 30.0 Å². The van der Waals surface area contributed by atoms with Gasteiger partial charge in [0, 0.05) is 25.9 Å². The molecule has 0 unspecified atom stereocenters. The molecule has 1 aliphatic heterocycles. The summed E-state index contributed by atoms with van der Waals surface area (Å²) < 4.78 is 13.9. The molecule has 0 spiro atoms. The Kier molecular flexibility index (Phi) is 4.26. The van der Waals surface area contributed by atoms with Gasteiger partial charge >= 0.3 is 5.97 Å². The predicted molar refractivity (Wildman–Crippen MR) is 101 cm³/mol. The molecule has 3 nitrogen and oxygen atoms in total. The third kappa shape index (κ3) is 3.11. The number of fused-ring (bicyclic) bond motifs is 2. The summed E-state index contributed by atoms with van der Waals surface area (Å²) in [5.41, 5.74) is 2.70. The molecular weight excluding hydrogens is 373 g/mol. The van der Waals surface area contributed by atoms with Crippen LogP contribution in [0.4, 0.5) is 10.1 Å². The van der Waals surface area contributed by atoms with Gasteiger partial charge in [0.05, 0.1) is 17.0 Å². The molecule has 0 saturated carbocycles. The van der Waals surface area contributed by atoms with E-state index in [0.29, 0.717) is 22.0 Å². The minimum Gasteiger partial charge on any atom is -0.478 e. The Morgan fingerprint density at radius 3 is 2.46 bits per heavy atom. The van der Waals surface area contributed by atoms with E-state index in [-0.39, 0.29) is 11.4 Å². The number of carboxylic acid groups (broad SMARTS) is 1. The lowest BCUT2D eigenvalue weighted by Crippen LogP contribution is -2.04. The fourth-order valence-electron chi connectivity index (χ4n) is 2.73. The summed E-state index contributed by atoms with van der Waals surface area (Å²) in [7, 11) is 0. The van der Waals surface area contributed by atoms with E-state index >= 15 is 0 Å². The molecule has 0 atom stereocenters. The number of halogens is 2. The smallest absolute Gasteiger partial charge is 0.335 e. The Morgan fingerprint density at radius 2 is 1.73 bits per heavy atom. The number of carboxylic acids is 1. The largest absolute Gasteiger partial charge is 0.478 e. The van der Waals surface area contributed by atoms with Crippen molar-refractivity contribution in [1.29, 1.82) is 0 Å². The minimum atomic E-state index is -1.02. The van der Waals surface area contributed by atoms with E-state index in [1.807, 2.05) is 12.1 Å². The van der Waals surface area contributed by atoms with Gasteiger partial charge in [0.25, 0.3) is 0 Å². The first kappa shape index (κ1) is 16.8. The number of aromatic carboxylic acids is 1. The van der Waals surface area contributed by atoms with E-state index in [1.54, 1.807) is 30.3 Å². The Labute approximate surface area is 158 Å². The molecule has 0 aliphatic carbocycles. The zero-order chi connectivity index (χ0) is 18.3. The van der Waals surface area contributed by atoms with Crippen molar-refractivity contribution in [2.24, 2.45) is 4.99 Å². The molecule has 1 N–H and O–H groups in total.